The Kier molecular flexibility index (Phi) is 7.50. The third kappa shape index (κ3) is 4.84. The molecule has 3 aromatic rings. The number of carbonyl (C=O) groups is 3. The molecule has 1 saturated heterocycles. The fraction of sp³-hybridized carbons (Fsp3) is 0.241. The third-order valence-electron chi connectivity index (χ3n) is 6.33. The molecule has 0 spiro atoms. The van der Waals surface area contributed by atoms with Gasteiger partial charge < -0.3 is 14.7 Å². The van der Waals surface area contributed by atoms with Crippen molar-refractivity contribution in [3.63, 3.8) is 0 Å². The number of rotatable bonds is 7. The number of ether oxygens (including phenoxy) is 1. The summed E-state index contributed by atoms with van der Waals surface area (Å²) in [5, 5.41) is 11.6. The van der Waals surface area contributed by atoms with Crippen molar-refractivity contribution >= 4 is 45.6 Å². The van der Waals surface area contributed by atoms with E-state index in [1.165, 1.54) is 11.0 Å². The molecule has 1 unspecified atom stereocenters. The molecule has 0 radical (unpaired) electrons. The molecule has 1 aromatic heterocycles. The predicted octanol–water partition coefficient (Wildman–Crippen LogP) is 5.10. The molecule has 1 N–H and O–H groups in total. The van der Waals surface area contributed by atoms with Crippen LogP contribution in [-0.4, -0.2) is 48.5 Å². The first-order valence-electron chi connectivity index (χ1n) is 12.0. The van der Waals surface area contributed by atoms with E-state index in [9.17, 15) is 19.5 Å². The van der Waals surface area contributed by atoms with E-state index in [-0.39, 0.29) is 27.9 Å². The number of Topliss-reactive ketones (excluding diaryl/α,β-unsaturated/α-hetero) is 1. The summed E-state index contributed by atoms with van der Waals surface area (Å²) in [6.45, 7) is 8.93. The molecule has 1 aliphatic heterocycles. The van der Waals surface area contributed by atoms with Gasteiger partial charge in [-0.1, -0.05) is 53.8 Å². The number of anilines is 2. The van der Waals surface area contributed by atoms with Crippen molar-refractivity contribution in [2.75, 3.05) is 30.5 Å². The average molecular weight is 532 g/mol. The summed E-state index contributed by atoms with van der Waals surface area (Å²) in [6, 6.07) is 12.0. The largest absolute Gasteiger partial charge is 0.507 e. The van der Waals surface area contributed by atoms with Gasteiger partial charge in [0.05, 0.1) is 17.3 Å². The van der Waals surface area contributed by atoms with E-state index in [0.29, 0.717) is 16.8 Å². The lowest BCUT2D eigenvalue weighted by atomic mass is 9.93. The van der Waals surface area contributed by atoms with Gasteiger partial charge in [-0.05, 0) is 50.1 Å². The minimum Gasteiger partial charge on any atom is -0.507 e. The van der Waals surface area contributed by atoms with Crippen LogP contribution in [0.1, 0.15) is 43.7 Å². The lowest BCUT2D eigenvalue weighted by Gasteiger charge is -2.24. The molecule has 8 nitrogen and oxygen atoms in total. The SMILES string of the molecule is C=CCOC(=O)c1sc(N2C(=O)C(=O)/C(=C(/O)c3cc(C)ccc3C)C2c2ccc(N(C)C)cc2)nc1C. The first-order valence-corrected chi connectivity index (χ1v) is 12.8. The zero-order chi connectivity index (χ0) is 27.7. The summed E-state index contributed by atoms with van der Waals surface area (Å²) in [4.78, 5) is 47.4. The van der Waals surface area contributed by atoms with Gasteiger partial charge in [-0.3, -0.25) is 14.5 Å². The Hall–Kier alpha value is -4.24. The molecule has 2 heterocycles. The van der Waals surface area contributed by atoms with E-state index in [2.05, 4.69) is 11.6 Å². The smallest absolute Gasteiger partial charge is 0.350 e. The van der Waals surface area contributed by atoms with Gasteiger partial charge >= 0.3 is 11.9 Å². The van der Waals surface area contributed by atoms with Crippen molar-refractivity contribution in [2.24, 2.45) is 0 Å². The standard InChI is InChI=1S/C29H29N3O5S/c1-7-14-37-28(36)26-18(4)30-29(38-26)32-23(19-10-12-20(13-11-19)31(5)6)22(25(34)27(32)35)24(33)21-15-16(2)8-9-17(21)3/h7-13,15,23,33H,1,14H2,2-6H3/b24-22+. The second-order valence-electron chi connectivity index (χ2n) is 9.27. The Morgan fingerprint density at radius 2 is 1.84 bits per heavy atom. The Bertz CT molecular complexity index is 1470. The average Bonchev–Trinajstić information content (AvgIpc) is 3.40. The van der Waals surface area contributed by atoms with Crippen molar-refractivity contribution in [2.45, 2.75) is 26.8 Å². The summed E-state index contributed by atoms with van der Waals surface area (Å²) in [7, 11) is 3.82. The highest BCUT2D eigenvalue weighted by atomic mass is 32.1. The molecular weight excluding hydrogens is 502 g/mol. The second-order valence-corrected chi connectivity index (χ2v) is 10.2. The Morgan fingerprint density at radius 3 is 2.47 bits per heavy atom. The fourth-order valence-electron chi connectivity index (χ4n) is 4.31. The van der Waals surface area contributed by atoms with Gasteiger partial charge in [-0.25, -0.2) is 9.78 Å². The van der Waals surface area contributed by atoms with E-state index in [1.54, 1.807) is 13.0 Å². The number of nitrogens with zero attached hydrogens (tertiary/aromatic N) is 3. The van der Waals surface area contributed by atoms with Gasteiger partial charge in [0.2, 0.25) is 0 Å². The number of hydrogen-bond acceptors (Lipinski definition) is 8. The molecule has 1 atom stereocenters. The number of benzene rings is 2. The molecule has 1 fully saturated rings. The lowest BCUT2D eigenvalue weighted by molar-refractivity contribution is -0.132. The van der Waals surface area contributed by atoms with Crippen molar-refractivity contribution < 1.29 is 24.2 Å². The summed E-state index contributed by atoms with van der Waals surface area (Å²) >= 11 is 0.963. The summed E-state index contributed by atoms with van der Waals surface area (Å²) in [5.74, 6) is -2.51. The number of thiazole rings is 1. The van der Waals surface area contributed by atoms with Crippen LogP contribution in [0.4, 0.5) is 10.8 Å². The van der Waals surface area contributed by atoms with Crippen LogP contribution in [0.25, 0.3) is 5.76 Å². The number of carbonyl (C=O) groups excluding carboxylic acids is 3. The summed E-state index contributed by atoms with van der Waals surface area (Å²) in [5.41, 5.74) is 4.02. The molecule has 196 valence electrons. The maximum Gasteiger partial charge on any atom is 0.350 e. The number of esters is 1. The van der Waals surface area contributed by atoms with E-state index >= 15 is 0 Å². The first kappa shape index (κ1) is 26.8. The number of aromatic nitrogens is 1. The highest BCUT2D eigenvalue weighted by molar-refractivity contribution is 7.17. The van der Waals surface area contributed by atoms with Gasteiger partial charge in [0, 0.05) is 25.3 Å². The fourth-order valence-corrected chi connectivity index (χ4v) is 5.30. The molecule has 1 amide bonds. The number of aliphatic hydroxyl groups is 1. The minimum absolute atomic E-state index is 0.0318. The molecule has 0 aliphatic carbocycles. The minimum atomic E-state index is -0.950. The van der Waals surface area contributed by atoms with Gasteiger partial charge in [-0.15, -0.1) is 0 Å². The highest BCUT2D eigenvalue weighted by Crippen LogP contribution is 2.44. The molecule has 4 rings (SSSR count). The zero-order valence-corrected chi connectivity index (χ0v) is 22.8. The van der Waals surface area contributed by atoms with Crippen LogP contribution in [-0.2, 0) is 14.3 Å². The Morgan fingerprint density at radius 1 is 1.16 bits per heavy atom. The summed E-state index contributed by atoms with van der Waals surface area (Å²) in [6.07, 6.45) is 1.46. The number of hydrogen-bond donors (Lipinski definition) is 1. The van der Waals surface area contributed by atoms with E-state index in [0.717, 1.165) is 28.2 Å². The van der Waals surface area contributed by atoms with E-state index in [1.807, 2.05) is 69.2 Å². The number of aliphatic hydroxyl groups excluding tert-OH is 1. The van der Waals surface area contributed by atoms with Gasteiger partial charge in [0.15, 0.2) is 5.13 Å². The van der Waals surface area contributed by atoms with Crippen LogP contribution in [0, 0.1) is 20.8 Å². The second kappa shape index (κ2) is 10.6. The van der Waals surface area contributed by atoms with Crippen molar-refractivity contribution in [3.8, 4) is 0 Å². The van der Waals surface area contributed by atoms with E-state index in [4.69, 9.17) is 4.74 Å². The third-order valence-corrected chi connectivity index (χ3v) is 7.46. The van der Waals surface area contributed by atoms with Crippen LogP contribution in [0.2, 0.25) is 0 Å². The van der Waals surface area contributed by atoms with Gasteiger partial charge in [-0.2, -0.15) is 0 Å². The molecule has 0 saturated carbocycles. The lowest BCUT2D eigenvalue weighted by Crippen LogP contribution is -2.29. The Labute approximate surface area is 225 Å². The number of aryl methyl sites for hydroxylation is 3. The number of ketones is 1. The molecule has 2 aromatic carbocycles. The van der Waals surface area contributed by atoms with Gasteiger partial charge in [0.25, 0.3) is 5.78 Å². The van der Waals surface area contributed by atoms with Crippen molar-refractivity contribution in [1.29, 1.82) is 0 Å². The van der Waals surface area contributed by atoms with Crippen LogP contribution >= 0.6 is 11.3 Å². The first-order chi connectivity index (χ1) is 18.0. The quantitative estimate of drug-likeness (QED) is 0.149. The van der Waals surface area contributed by atoms with Crippen molar-refractivity contribution in [1.82, 2.24) is 4.98 Å². The molecule has 38 heavy (non-hydrogen) atoms. The molecule has 0 bridgehead atoms. The predicted molar refractivity (Wildman–Crippen MR) is 149 cm³/mol. The summed E-state index contributed by atoms with van der Waals surface area (Å²) < 4.78 is 5.16. The molecule has 1 aliphatic rings. The van der Waals surface area contributed by atoms with Crippen molar-refractivity contribution in [3.05, 3.63) is 93.5 Å². The van der Waals surface area contributed by atoms with Crippen LogP contribution < -0.4 is 9.80 Å². The zero-order valence-electron chi connectivity index (χ0n) is 21.9. The van der Waals surface area contributed by atoms with E-state index < -0.39 is 23.7 Å². The van der Waals surface area contributed by atoms with Crippen LogP contribution in [0.5, 0.6) is 0 Å². The van der Waals surface area contributed by atoms with Gasteiger partial charge in [0.1, 0.15) is 17.2 Å². The Balaban J connectivity index is 1.92. The maximum atomic E-state index is 13.5. The number of amides is 1. The van der Waals surface area contributed by atoms with Crippen LogP contribution in [0.3, 0.4) is 0 Å². The topological polar surface area (TPSA) is 100 Å². The maximum absolute atomic E-state index is 13.5. The monoisotopic (exact) mass is 531 g/mol. The highest BCUT2D eigenvalue weighted by Gasteiger charge is 2.48. The molecular formula is C29H29N3O5S. The van der Waals surface area contributed by atoms with Crippen LogP contribution in [0.15, 0.2) is 60.7 Å². The molecule has 9 heteroatoms. The normalized spacial score (nSPS) is 16.6.